The molecule has 1 heterocycles. The van der Waals surface area contributed by atoms with Gasteiger partial charge in [0.05, 0.1) is 11.0 Å². The predicted molar refractivity (Wildman–Crippen MR) is 106 cm³/mol. The molecule has 0 aliphatic carbocycles. The Morgan fingerprint density at radius 3 is 2.46 bits per heavy atom. The van der Waals surface area contributed by atoms with Crippen LogP contribution in [0.5, 0.6) is 0 Å². The summed E-state index contributed by atoms with van der Waals surface area (Å²) in [5.41, 5.74) is 3.12. The Hall–Kier alpha value is -2.82. The van der Waals surface area contributed by atoms with E-state index in [-0.39, 0.29) is 6.03 Å². The fraction of sp³-hybridized carbons (Fsp3) is 0.333. The molecule has 0 fully saturated rings. The van der Waals surface area contributed by atoms with Crippen molar-refractivity contribution in [3.8, 4) is 11.4 Å². The third kappa shape index (κ3) is 4.42. The summed E-state index contributed by atoms with van der Waals surface area (Å²) in [6.45, 7) is 6.21. The number of carbonyl (C=O) groups is 1. The zero-order chi connectivity index (χ0) is 18.4. The van der Waals surface area contributed by atoms with E-state index in [1.165, 1.54) is 0 Å². The van der Waals surface area contributed by atoms with Gasteiger partial charge in [-0.2, -0.15) is 0 Å². The number of imidazole rings is 1. The zero-order valence-electron chi connectivity index (χ0n) is 15.4. The summed E-state index contributed by atoms with van der Waals surface area (Å²) in [5.74, 6) is 1.51. The van der Waals surface area contributed by atoms with Gasteiger partial charge in [0, 0.05) is 25.2 Å². The molecule has 3 rings (SSSR count). The van der Waals surface area contributed by atoms with Crippen LogP contribution in [-0.4, -0.2) is 28.7 Å². The summed E-state index contributed by atoms with van der Waals surface area (Å²) in [6.07, 6.45) is 0.984. The van der Waals surface area contributed by atoms with Crippen LogP contribution in [0.15, 0.2) is 54.6 Å². The van der Waals surface area contributed by atoms with Gasteiger partial charge in [-0.25, -0.2) is 9.78 Å². The second-order valence-electron chi connectivity index (χ2n) is 6.81. The van der Waals surface area contributed by atoms with Gasteiger partial charge in [0.25, 0.3) is 0 Å². The monoisotopic (exact) mass is 350 g/mol. The van der Waals surface area contributed by atoms with E-state index in [0.717, 1.165) is 28.8 Å². The van der Waals surface area contributed by atoms with Crippen molar-refractivity contribution in [1.82, 2.24) is 20.2 Å². The number of nitrogens with one attached hydrogen (secondary N) is 2. The van der Waals surface area contributed by atoms with Crippen LogP contribution in [0.4, 0.5) is 4.79 Å². The zero-order valence-corrected chi connectivity index (χ0v) is 15.4. The number of amides is 2. The molecule has 0 atom stereocenters. The molecule has 5 nitrogen and oxygen atoms in total. The minimum atomic E-state index is -0.115. The fourth-order valence-corrected chi connectivity index (χ4v) is 2.93. The normalized spacial score (nSPS) is 11.0. The van der Waals surface area contributed by atoms with Crippen LogP contribution in [0.25, 0.3) is 22.4 Å². The third-order valence-corrected chi connectivity index (χ3v) is 4.31. The van der Waals surface area contributed by atoms with Crippen LogP contribution >= 0.6 is 0 Å². The van der Waals surface area contributed by atoms with Gasteiger partial charge in [0.2, 0.25) is 0 Å². The van der Waals surface area contributed by atoms with Crippen LogP contribution in [0, 0.1) is 5.92 Å². The fourth-order valence-electron chi connectivity index (χ4n) is 2.93. The van der Waals surface area contributed by atoms with Gasteiger partial charge < -0.3 is 15.2 Å². The van der Waals surface area contributed by atoms with Gasteiger partial charge >= 0.3 is 6.03 Å². The maximum Gasteiger partial charge on any atom is 0.314 e. The number of carbonyl (C=O) groups excluding carboxylic acids is 1. The maximum atomic E-state index is 11.9. The standard InChI is InChI=1S/C21H26N4O/c1-16(2)12-13-22-21(26)23-14-15-25-19-11-7-6-10-18(19)24-20(25)17-8-4-3-5-9-17/h3-11,16H,12-15H2,1-2H3,(H2,22,23,26). The number of hydrogen-bond acceptors (Lipinski definition) is 2. The predicted octanol–water partition coefficient (Wildman–Crippen LogP) is 4.05. The molecule has 136 valence electrons. The quantitative estimate of drug-likeness (QED) is 0.675. The van der Waals surface area contributed by atoms with Crippen molar-refractivity contribution >= 4 is 17.1 Å². The Bertz CT molecular complexity index is 855. The average molecular weight is 350 g/mol. The molecule has 26 heavy (non-hydrogen) atoms. The lowest BCUT2D eigenvalue weighted by atomic mass is 10.1. The lowest BCUT2D eigenvalue weighted by molar-refractivity contribution is 0.240. The minimum Gasteiger partial charge on any atom is -0.338 e. The molecule has 2 N–H and O–H groups in total. The van der Waals surface area contributed by atoms with Crippen molar-refractivity contribution in [3.63, 3.8) is 0 Å². The molecule has 0 spiro atoms. The van der Waals surface area contributed by atoms with Crippen molar-refractivity contribution in [1.29, 1.82) is 0 Å². The van der Waals surface area contributed by atoms with Crippen molar-refractivity contribution in [2.24, 2.45) is 5.92 Å². The number of fused-ring (bicyclic) bond motifs is 1. The first-order chi connectivity index (χ1) is 12.6. The lowest BCUT2D eigenvalue weighted by Crippen LogP contribution is -2.38. The first-order valence-electron chi connectivity index (χ1n) is 9.17. The first kappa shape index (κ1) is 18.0. The summed E-state index contributed by atoms with van der Waals surface area (Å²) in [6, 6.07) is 18.1. The Kier molecular flexibility index (Phi) is 5.89. The molecule has 2 aromatic carbocycles. The molecule has 0 bridgehead atoms. The molecule has 0 radical (unpaired) electrons. The van der Waals surface area contributed by atoms with E-state index in [9.17, 15) is 4.79 Å². The van der Waals surface area contributed by atoms with E-state index in [2.05, 4.69) is 47.2 Å². The summed E-state index contributed by atoms with van der Waals surface area (Å²) in [5, 5.41) is 5.84. The van der Waals surface area contributed by atoms with Crippen LogP contribution in [0.3, 0.4) is 0 Å². The SMILES string of the molecule is CC(C)CCNC(=O)NCCn1c(-c2ccccc2)nc2ccccc21. The lowest BCUT2D eigenvalue weighted by Gasteiger charge is -2.12. The van der Waals surface area contributed by atoms with Gasteiger partial charge in [-0.05, 0) is 24.5 Å². The van der Waals surface area contributed by atoms with E-state index in [1.807, 2.05) is 36.4 Å². The highest BCUT2D eigenvalue weighted by Crippen LogP contribution is 2.24. The van der Waals surface area contributed by atoms with Crippen molar-refractivity contribution in [2.75, 3.05) is 13.1 Å². The van der Waals surface area contributed by atoms with Gasteiger partial charge in [0.1, 0.15) is 5.82 Å². The van der Waals surface area contributed by atoms with E-state index >= 15 is 0 Å². The smallest absolute Gasteiger partial charge is 0.314 e. The van der Waals surface area contributed by atoms with Crippen LogP contribution in [0.2, 0.25) is 0 Å². The summed E-state index contributed by atoms with van der Waals surface area (Å²) in [4.78, 5) is 16.7. The molecule has 2 amide bonds. The van der Waals surface area contributed by atoms with Gasteiger partial charge in [-0.3, -0.25) is 0 Å². The molecule has 0 aliphatic rings. The van der Waals surface area contributed by atoms with E-state index in [0.29, 0.717) is 25.6 Å². The van der Waals surface area contributed by atoms with Crippen molar-refractivity contribution < 1.29 is 4.79 Å². The van der Waals surface area contributed by atoms with Crippen LogP contribution in [0.1, 0.15) is 20.3 Å². The molecular weight excluding hydrogens is 324 g/mol. The average Bonchev–Trinajstić information content (AvgIpc) is 3.01. The van der Waals surface area contributed by atoms with E-state index in [1.54, 1.807) is 0 Å². The Labute approximate surface area is 154 Å². The molecule has 0 saturated heterocycles. The van der Waals surface area contributed by atoms with Crippen LogP contribution in [-0.2, 0) is 6.54 Å². The Balaban J connectivity index is 1.70. The molecule has 3 aromatic rings. The second-order valence-corrected chi connectivity index (χ2v) is 6.81. The van der Waals surface area contributed by atoms with Gasteiger partial charge in [0.15, 0.2) is 0 Å². The highest BCUT2D eigenvalue weighted by atomic mass is 16.2. The maximum absolute atomic E-state index is 11.9. The molecule has 0 unspecified atom stereocenters. The molecular formula is C21H26N4O. The molecule has 0 saturated carbocycles. The molecule has 0 aliphatic heterocycles. The van der Waals surface area contributed by atoms with Gasteiger partial charge in [-0.1, -0.05) is 56.3 Å². The number of aromatic nitrogens is 2. The minimum absolute atomic E-state index is 0.115. The number of hydrogen-bond donors (Lipinski definition) is 2. The summed E-state index contributed by atoms with van der Waals surface area (Å²) >= 11 is 0. The van der Waals surface area contributed by atoms with Gasteiger partial charge in [-0.15, -0.1) is 0 Å². The van der Waals surface area contributed by atoms with Crippen LogP contribution < -0.4 is 10.6 Å². The second kappa shape index (κ2) is 8.52. The van der Waals surface area contributed by atoms with Crippen molar-refractivity contribution in [3.05, 3.63) is 54.6 Å². The highest BCUT2D eigenvalue weighted by Gasteiger charge is 2.12. The number of nitrogens with zero attached hydrogens (tertiary/aromatic N) is 2. The number of urea groups is 1. The topological polar surface area (TPSA) is 59.0 Å². The largest absolute Gasteiger partial charge is 0.338 e. The Morgan fingerprint density at radius 2 is 1.69 bits per heavy atom. The molecule has 5 heteroatoms. The van der Waals surface area contributed by atoms with E-state index < -0.39 is 0 Å². The van der Waals surface area contributed by atoms with Crippen molar-refractivity contribution in [2.45, 2.75) is 26.8 Å². The van der Waals surface area contributed by atoms with E-state index in [4.69, 9.17) is 4.98 Å². The number of para-hydroxylation sites is 2. The number of benzene rings is 2. The third-order valence-electron chi connectivity index (χ3n) is 4.31. The highest BCUT2D eigenvalue weighted by molar-refractivity contribution is 5.80. The summed E-state index contributed by atoms with van der Waals surface area (Å²) in [7, 11) is 0. The first-order valence-corrected chi connectivity index (χ1v) is 9.17. The number of rotatable bonds is 7. The Morgan fingerprint density at radius 1 is 1.00 bits per heavy atom. The molecule has 1 aromatic heterocycles. The summed E-state index contributed by atoms with van der Waals surface area (Å²) < 4.78 is 2.17.